The molecule has 0 saturated carbocycles. The molecule has 1 unspecified atom stereocenters. The lowest BCUT2D eigenvalue weighted by atomic mass is 10.1. The van der Waals surface area contributed by atoms with Crippen LogP contribution in [0.15, 0.2) is 12.1 Å². The third kappa shape index (κ3) is 4.59. The minimum Gasteiger partial charge on any atom is -0.494 e. The van der Waals surface area contributed by atoms with E-state index in [1.807, 2.05) is 26.0 Å². The van der Waals surface area contributed by atoms with Gasteiger partial charge in [0, 0.05) is 24.1 Å². The number of benzene rings is 1. The van der Waals surface area contributed by atoms with Gasteiger partial charge in [0.05, 0.1) is 19.7 Å². The summed E-state index contributed by atoms with van der Waals surface area (Å²) in [6.07, 6.45) is 1.00. The van der Waals surface area contributed by atoms with E-state index in [-0.39, 0.29) is 31.0 Å². The van der Waals surface area contributed by atoms with Crippen molar-refractivity contribution < 1.29 is 19.1 Å². The summed E-state index contributed by atoms with van der Waals surface area (Å²) in [7, 11) is 0. The van der Waals surface area contributed by atoms with Gasteiger partial charge in [-0.1, -0.05) is 0 Å². The van der Waals surface area contributed by atoms with Crippen LogP contribution < -0.4 is 25.8 Å². The van der Waals surface area contributed by atoms with E-state index in [0.29, 0.717) is 13.2 Å². The topological polar surface area (TPSA) is 103 Å². The van der Waals surface area contributed by atoms with Gasteiger partial charge in [0.1, 0.15) is 17.6 Å². The fourth-order valence-corrected chi connectivity index (χ4v) is 2.42. The lowest BCUT2D eigenvalue weighted by Crippen LogP contribution is -2.39. The van der Waals surface area contributed by atoms with Crippen LogP contribution in [0.2, 0.25) is 0 Å². The number of hydrogen-bond acceptors (Lipinski definition) is 5. The molecule has 7 nitrogen and oxygen atoms in total. The Morgan fingerprint density at radius 2 is 2.13 bits per heavy atom. The Balaban J connectivity index is 2.00. The monoisotopic (exact) mass is 321 g/mol. The van der Waals surface area contributed by atoms with E-state index in [1.165, 1.54) is 0 Å². The van der Waals surface area contributed by atoms with E-state index < -0.39 is 0 Å². The number of nitrogens with one attached hydrogen (secondary N) is 2. The molecule has 1 aromatic rings. The number of carbonyl (C=O) groups excluding carboxylic acids is 2. The smallest absolute Gasteiger partial charge is 0.239 e. The number of fused-ring (bicyclic) bond motifs is 1. The highest BCUT2D eigenvalue weighted by molar-refractivity contribution is 5.85. The first kappa shape index (κ1) is 17.1. The molecule has 1 aromatic carbocycles. The summed E-state index contributed by atoms with van der Waals surface area (Å²) in [6.45, 7) is 4.54. The number of amides is 2. The van der Waals surface area contributed by atoms with Gasteiger partial charge in [-0.05, 0) is 26.0 Å². The first-order valence-corrected chi connectivity index (χ1v) is 7.72. The van der Waals surface area contributed by atoms with Crippen molar-refractivity contribution in [3.05, 3.63) is 23.3 Å². The summed E-state index contributed by atoms with van der Waals surface area (Å²) in [6, 6.07) is 3.88. The summed E-state index contributed by atoms with van der Waals surface area (Å²) in [4.78, 5) is 22.8. The van der Waals surface area contributed by atoms with Crippen LogP contribution in [0.4, 0.5) is 0 Å². The molecule has 0 aliphatic carbocycles. The Labute approximate surface area is 135 Å². The van der Waals surface area contributed by atoms with Crippen molar-refractivity contribution in [2.75, 3.05) is 19.7 Å². The standard InChI is InChI=1S/C16H23N3O4/c1-3-22-13-5-11-4-10(2)23-14(11)6-12(13)8-18-16(21)9-19-15(20)7-17/h5-6,10H,3-4,7-9,17H2,1-2H3,(H,18,21)(H,19,20). The largest absolute Gasteiger partial charge is 0.494 e. The summed E-state index contributed by atoms with van der Waals surface area (Å²) >= 11 is 0. The molecule has 7 heteroatoms. The fraction of sp³-hybridized carbons (Fsp3) is 0.500. The SMILES string of the molecule is CCOc1cc2c(cc1CNC(=O)CNC(=O)CN)OC(C)C2. The highest BCUT2D eigenvalue weighted by Gasteiger charge is 2.22. The number of rotatable bonds is 7. The van der Waals surface area contributed by atoms with Crippen molar-refractivity contribution in [3.8, 4) is 11.5 Å². The Morgan fingerprint density at radius 3 is 2.83 bits per heavy atom. The molecule has 1 atom stereocenters. The van der Waals surface area contributed by atoms with Gasteiger partial charge in [0.15, 0.2) is 0 Å². The first-order chi connectivity index (χ1) is 11.0. The van der Waals surface area contributed by atoms with E-state index >= 15 is 0 Å². The van der Waals surface area contributed by atoms with Gasteiger partial charge in [0.25, 0.3) is 0 Å². The van der Waals surface area contributed by atoms with Gasteiger partial charge in [-0.3, -0.25) is 9.59 Å². The minimum absolute atomic E-state index is 0.0987. The maximum Gasteiger partial charge on any atom is 0.239 e. The molecule has 0 spiro atoms. The van der Waals surface area contributed by atoms with Crippen molar-refractivity contribution in [2.45, 2.75) is 32.9 Å². The van der Waals surface area contributed by atoms with Crippen molar-refractivity contribution in [1.29, 1.82) is 0 Å². The van der Waals surface area contributed by atoms with E-state index in [4.69, 9.17) is 15.2 Å². The molecule has 0 fully saturated rings. The number of hydrogen-bond donors (Lipinski definition) is 3. The third-order valence-electron chi connectivity index (χ3n) is 3.49. The second-order valence-electron chi connectivity index (χ2n) is 5.39. The molecule has 126 valence electrons. The highest BCUT2D eigenvalue weighted by Crippen LogP contribution is 2.35. The molecule has 0 bridgehead atoms. The number of nitrogens with two attached hydrogens (primary N) is 1. The zero-order chi connectivity index (χ0) is 16.8. The number of ether oxygens (including phenoxy) is 2. The van der Waals surface area contributed by atoms with Crippen LogP contribution in [0.1, 0.15) is 25.0 Å². The van der Waals surface area contributed by atoms with Crippen LogP contribution in [0.25, 0.3) is 0 Å². The van der Waals surface area contributed by atoms with Crippen LogP contribution in [0, 0.1) is 0 Å². The lowest BCUT2D eigenvalue weighted by Gasteiger charge is -2.13. The normalized spacial score (nSPS) is 15.5. The molecular weight excluding hydrogens is 298 g/mol. The predicted octanol–water partition coefficient (Wildman–Crippen LogP) is 0.0998. The highest BCUT2D eigenvalue weighted by atomic mass is 16.5. The molecule has 0 aromatic heterocycles. The molecule has 0 radical (unpaired) electrons. The summed E-state index contributed by atoms with van der Waals surface area (Å²) in [5.41, 5.74) is 7.13. The molecule has 0 saturated heterocycles. The zero-order valence-corrected chi connectivity index (χ0v) is 13.5. The van der Waals surface area contributed by atoms with E-state index in [1.54, 1.807) is 0 Å². The van der Waals surface area contributed by atoms with Gasteiger partial charge in [-0.15, -0.1) is 0 Å². The summed E-state index contributed by atoms with van der Waals surface area (Å²) in [5, 5.41) is 5.17. The van der Waals surface area contributed by atoms with Crippen LogP contribution in [0.5, 0.6) is 11.5 Å². The Morgan fingerprint density at radius 1 is 1.35 bits per heavy atom. The quantitative estimate of drug-likeness (QED) is 0.661. The average Bonchev–Trinajstić information content (AvgIpc) is 2.89. The maximum atomic E-state index is 11.8. The van der Waals surface area contributed by atoms with Crippen LogP contribution >= 0.6 is 0 Å². The predicted molar refractivity (Wildman–Crippen MR) is 85.3 cm³/mol. The Hall–Kier alpha value is -2.28. The van der Waals surface area contributed by atoms with Crippen molar-refractivity contribution >= 4 is 11.8 Å². The maximum absolute atomic E-state index is 11.8. The van der Waals surface area contributed by atoms with Gasteiger partial charge < -0.3 is 25.8 Å². The second kappa shape index (κ2) is 7.82. The van der Waals surface area contributed by atoms with Crippen molar-refractivity contribution in [1.82, 2.24) is 10.6 Å². The molecule has 1 heterocycles. The molecular formula is C16H23N3O4. The molecule has 23 heavy (non-hydrogen) atoms. The first-order valence-electron chi connectivity index (χ1n) is 7.72. The minimum atomic E-state index is -0.366. The Bertz CT molecular complexity index is 589. The molecule has 1 aliphatic rings. The zero-order valence-electron chi connectivity index (χ0n) is 13.5. The Kier molecular flexibility index (Phi) is 5.81. The van der Waals surface area contributed by atoms with Crippen molar-refractivity contribution in [2.24, 2.45) is 5.73 Å². The van der Waals surface area contributed by atoms with Crippen LogP contribution in [0.3, 0.4) is 0 Å². The van der Waals surface area contributed by atoms with Crippen LogP contribution in [-0.4, -0.2) is 37.6 Å². The van der Waals surface area contributed by atoms with Gasteiger partial charge in [-0.2, -0.15) is 0 Å². The molecule has 4 N–H and O–H groups in total. The van der Waals surface area contributed by atoms with Crippen LogP contribution in [-0.2, 0) is 22.6 Å². The molecule has 2 amide bonds. The summed E-state index contributed by atoms with van der Waals surface area (Å²) < 4.78 is 11.4. The number of carbonyl (C=O) groups is 2. The van der Waals surface area contributed by atoms with E-state index in [0.717, 1.165) is 29.0 Å². The molecule has 1 aliphatic heterocycles. The van der Waals surface area contributed by atoms with E-state index in [9.17, 15) is 9.59 Å². The third-order valence-corrected chi connectivity index (χ3v) is 3.49. The van der Waals surface area contributed by atoms with Gasteiger partial charge >= 0.3 is 0 Å². The van der Waals surface area contributed by atoms with Gasteiger partial charge in [0.2, 0.25) is 11.8 Å². The average molecular weight is 321 g/mol. The van der Waals surface area contributed by atoms with E-state index in [2.05, 4.69) is 10.6 Å². The second-order valence-corrected chi connectivity index (χ2v) is 5.39. The van der Waals surface area contributed by atoms with Gasteiger partial charge in [-0.25, -0.2) is 0 Å². The fourth-order valence-electron chi connectivity index (χ4n) is 2.42. The summed E-state index contributed by atoms with van der Waals surface area (Å²) in [5.74, 6) is 0.927. The lowest BCUT2D eigenvalue weighted by molar-refractivity contribution is -0.125. The van der Waals surface area contributed by atoms with Crippen molar-refractivity contribution in [3.63, 3.8) is 0 Å². The molecule has 2 rings (SSSR count).